The van der Waals surface area contributed by atoms with Gasteiger partial charge in [-0.2, -0.15) is 18.3 Å². The predicted molar refractivity (Wildman–Crippen MR) is 64.5 cm³/mol. The number of hydrogen-bond acceptors (Lipinski definition) is 4. The second-order valence-corrected chi connectivity index (χ2v) is 4.15. The molecule has 2 heterocycles. The number of aromatic amines is 1. The molecule has 0 unspecified atom stereocenters. The number of nitrogens with one attached hydrogen (secondary N) is 1. The summed E-state index contributed by atoms with van der Waals surface area (Å²) in [7, 11) is 1.29. The molecule has 0 fully saturated rings. The number of H-pyrrole nitrogens is 1. The first-order valence-corrected chi connectivity index (χ1v) is 5.47. The van der Waals surface area contributed by atoms with E-state index in [4.69, 9.17) is 10.5 Å². The molecule has 0 aliphatic rings. The van der Waals surface area contributed by atoms with Crippen molar-refractivity contribution in [2.75, 3.05) is 5.73 Å². The van der Waals surface area contributed by atoms with E-state index in [2.05, 4.69) is 10.1 Å². The van der Waals surface area contributed by atoms with Gasteiger partial charge >= 0.3 is 6.18 Å². The van der Waals surface area contributed by atoms with E-state index in [1.165, 1.54) is 13.1 Å². The average Bonchev–Trinajstić information content (AvgIpc) is 2.67. The summed E-state index contributed by atoms with van der Waals surface area (Å²) < 4.78 is 43.6. The second kappa shape index (κ2) is 4.58. The third-order valence-corrected chi connectivity index (χ3v) is 2.50. The third-order valence-electron chi connectivity index (χ3n) is 2.50. The maximum absolute atomic E-state index is 12.5. The molecular weight excluding hydrogens is 277 g/mol. The Morgan fingerprint density at radius 2 is 2.05 bits per heavy atom. The van der Waals surface area contributed by atoms with Gasteiger partial charge in [0.1, 0.15) is 5.69 Å². The van der Waals surface area contributed by atoms with Gasteiger partial charge in [-0.05, 0) is 6.92 Å². The molecule has 108 valence electrons. The van der Waals surface area contributed by atoms with Crippen LogP contribution in [0.4, 0.5) is 18.9 Å². The van der Waals surface area contributed by atoms with Gasteiger partial charge in [-0.3, -0.25) is 4.79 Å². The molecule has 9 heteroatoms. The molecule has 0 bridgehead atoms. The molecule has 0 spiro atoms. The summed E-state index contributed by atoms with van der Waals surface area (Å²) in [5.74, 6) is -0.308. The van der Waals surface area contributed by atoms with Gasteiger partial charge in [0.2, 0.25) is 17.2 Å². The van der Waals surface area contributed by atoms with Crippen molar-refractivity contribution in [3.63, 3.8) is 0 Å². The van der Waals surface area contributed by atoms with Crippen molar-refractivity contribution in [1.82, 2.24) is 14.8 Å². The van der Waals surface area contributed by atoms with Gasteiger partial charge in [0.25, 0.3) is 0 Å². The lowest BCUT2D eigenvalue weighted by molar-refractivity contribution is -0.141. The van der Waals surface area contributed by atoms with Crippen LogP contribution in [-0.4, -0.2) is 14.8 Å². The molecule has 0 saturated carbocycles. The number of nitrogens with zero attached hydrogens (tertiary/aromatic N) is 2. The lowest BCUT2D eigenvalue weighted by Gasteiger charge is -2.08. The number of aromatic nitrogens is 3. The Morgan fingerprint density at radius 3 is 2.60 bits per heavy atom. The second-order valence-electron chi connectivity index (χ2n) is 4.15. The maximum Gasteiger partial charge on any atom is 0.435 e. The topological polar surface area (TPSA) is 85.9 Å². The average molecular weight is 288 g/mol. The summed E-state index contributed by atoms with van der Waals surface area (Å²) in [6.07, 6.45) is -4.58. The fourth-order valence-electron chi connectivity index (χ4n) is 1.54. The van der Waals surface area contributed by atoms with Crippen LogP contribution >= 0.6 is 0 Å². The van der Waals surface area contributed by atoms with Crippen LogP contribution in [0.15, 0.2) is 16.9 Å². The van der Waals surface area contributed by atoms with Gasteiger partial charge in [0.15, 0.2) is 5.69 Å². The zero-order valence-electron chi connectivity index (χ0n) is 10.6. The standard InChI is InChI=1S/C11H11F3N4O2/c1-5-3-6(19)9(15)10(16-5)20-8-4-7(11(12,13)14)17-18(8)2/h3-4H,15H2,1-2H3,(H,16,19). The SMILES string of the molecule is Cc1cc(=O)c(N)c(Oc2cc(C(F)(F)F)nn2C)[nH]1. The molecule has 0 radical (unpaired) electrons. The smallest absolute Gasteiger partial charge is 0.421 e. The van der Waals surface area contributed by atoms with Crippen LogP contribution < -0.4 is 15.9 Å². The van der Waals surface area contributed by atoms with Crippen LogP contribution in [-0.2, 0) is 13.2 Å². The summed E-state index contributed by atoms with van der Waals surface area (Å²) in [6.45, 7) is 1.60. The summed E-state index contributed by atoms with van der Waals surface area (Å²) in [6, 6.07) is 1.98. The molecule has 2 aromatic heterocycles. The summed E-state index contributed by atoms with van der Waals surface area (Å²) in [5, 5.41) is 3.29. The Morgan fingerprint density at radius 1 is 1.40 bits per heavy atom. The number of hydrogen-bond donors (Lipinski definition) is 2. The van der Waals surface area contributed by atoms with Crippen molar-refractivity contribution in [3.8, 4) is 11.8 Å². The molecular formula is C11H11F3N4O2. The fraction of sp³-hybridized carbons (Fsp3) is 0.273. The monoisotopic (exact) mass is 288 g/mol. The van der Waals surface area contributed by atoms with Crippen molar-refractivity contribution in [2.24, 2.45) is 7.05 Å². The highest BCUT2D eigenvalue weighted by atomic mass is 19.4. The highest BCUT2D eigenvalue weighted by Gasteiger charge is 2.35. The number of nitrogens with two attached hydrogens (primary N) is 1. The van der Waals surface area contributed by atoms with E-state index in [0.717, 1.165) is 10.7 Å². The molecule has 3 N–H and O–H groups in total. The number of nitrogen functional groups attached to an aromatic ring is 1. The minimum absolute atomic E-state index is 0.119. The summed E-state index contributed by atoms with van der Waals surface area (Å²) in [4.78, 5) is 14.1. The number of alkyl halides is 3. The summed E-state index contributed by atoms with van der Waals surface area (Å²) in [5.41, 5.74) is 4.20. The number of anilines is 1. The van der Waals surface area contributed by atoms with E-state index in [9.17, 15) is 18.0 Å². The number of halogens is 3. The lowest BCUT2D eigenvalue weighted by atomic mass is 10.3. The largest absolute Gasteiger partial charge is 0.435 e. The van der Waals surface area contributed by atoms with E-state index >= 15 is 0 Å². The predicted octanol–water partition coefficient (Wildman–Crippen LogP) is 1.81. The highest BCUT2D eigenvalue weighted by Crippen LogP contribution is 2.32. The Kier molecular flexibility index (Phi) is 3.20. The molecule has 0 aliphatic carbocycles. The minimum atomic E-state index is -4.58. The molecule has 0 atom stereocenters. The first kappa shape index (κ1) is 14.0. The van der Waals surface area contributed by atoms with Crippen molar-refractivity contribution >= 4 is 5.69 Å². The van der Waals surface area contributed by atoms with Gasteiger partial charge in [0, 0.05) is 24.9 Å². The van der Waals surface area contributed by atoms with Crippen LogP contribution in [0.5, 0.6) is 11.8 Å². The number of rotatable bonds is 2. The van der Waals surface area contributed by atoms with E-state index < -0.39 is 17.3 Å². The van der Waals surface area contributed by atoms with E-state index in [1.807, 2.05) is 0 Å². The van der Waals surface area contributed by atoms with Gasteiger partial charge in [-0.1, -0.05) is 0 Å². The first-order valence-electron chi connectivity index (χ1n) is 5.47. The number of aryl methyl sites for hydroxylation is 2. The molecule has 20 heavy (non-hydrogen) atoms. The van der Waals surface area contributed by atoms with Gasteiger partial charge in [-0.15, -0.1) is 0 Å². The Hall–Kier alpha value is -2.45. The van der Waals surface area contributed by atoms with E-state index in [-0.39, 0.29) is 17.4 Å². The number of ether oxygens (including phenoxy) is 1. The summed E-state index contributed by atoms with van der Waals surface area (Å²) >= 11 is 0. The van der Waals surface area contributed by atoms with Crippen LogP contribution in [0, 0.1) is 6.92 Å². The van der Waals surface area contributed by atoms with Crippen LogP contribution in [0.1, 0.15) is 11.4 Å². The van der Waals surface area contributed by atoms with Crippen molar-refractivity contribution in [1.29, 1.82) is 0 Å². The van der Waals surface area contributed by atoms with Gasteiger partial charge in [-0.25, -0.2) is 4.68 Å². The molecule has 0 aliphatic heterocycles. The Labute approximate surface area is 111 Å². The molecule has 2 rings (SSSR count). The van der Waals surface area contributed by atoms with Gasteiger partial charge < -0.3 is 15.5 Å². The zero-order chi connectivity index (χ0) is 15.1. The quantitative estimate of drug-likeness (QED) is 0.882. The fourth-order valence-corrected chi connectivity index (χ4v) is 1.54. The van der Waals surface area contributed by atoms with Crippen LogP contribution in [0.3, 0.4) is 0 Å². The Bertz CT molecular complexity index is 703. The normalized spacial score (nSPS) is 11.7. The highest BCUT2D eigenvalue weighted by molar-refractivity contribution is 5.49. The van der Waals surface area contributed by atoms with Crippen molar-refractivity contribution in [2.45, 2.75) is 13.1 Å². The van der Waals surface area contributed by atoms with Crippen molar-refractivity contribution in [3.05, 3.63) is 33.7 Å². The van der Waals surface area contributed by atoms with Crippen LogP contribution in [0.25, 0.3) is 0 Å². The molecule has 0 saturated heterocycles. The first-order chi connectivity index (χ1) is 9.18. The molecule has 0 amide bonds. The van der Waals surface area contributed by atoms with E-state index in [1.54, 1.807) is 6.92 Å². The number of pyridine rings is 1. The zero-order valence-corrected chi connectivity index (χ0v) is 10.6. The van der Waals surface area contributed by atoms with Gasteiger partial charge in [0.05, 0.1) is 0 Å². The van der Waals surface area contributed by atoms with E-state index in [0.29, 0.717) is 5.69 Å². The minimum Gasteiger partial charge on any atom is -0.421 e. The lowest BCUT2D eigenvalue weighted by Crippen LogP contribution is -2.11. The third kappa shape index (κ3) is 2.60. The molecule has 0 aromatic carbocycles. The maximum atomic E-state index is 12.5. The van der Waals surface area contributed by atoms with Crippen molar-refractivity contribution < 1.29 is 17.9 Å². The Balaban J connectivity index is 2.41. The molecule has 2 aromatic rings. The van der Waals surface area contributed by atoms with Crippen LogP contribution in [0.2, 0.25) is 0 Å². The molecule has 6 nitrogen and oxygen atoms in total.